The van der Waals surface area contributed by atoms with Gasteiger partial charge in [-0.3, -0.25) is 0 Å². The number of nitrogens with two attached hydrogens (primary N) is 1. The van der Waals surface area contributed by atoms with Crippen LogP contribution in [-0.2, 0) is 0 Å². The topological polar surface area (TPSA) is 46.2 Å². The standard InChI is InChI=1S/C16H35NO/c1-4-5-6-7-9-14(2)12-15(3)13-16(18)10-8-11-17/h14-16,18H,4-13,17H2,1-3H3/t14-,15-,16-/m0/s1. The predicted octanol–water partition coefficient (Wildman–Crippen LogP) is 4.11. The zero-order valence-corrected chi connectivity index (χ0v) is 12.8. The Morgan fingerprint density at radius 3 is 2.22 bits per heavy atom. The van der Waals surface area contributed by atoms with E-state index in [2.05, 4.69) is 20.8 Å². The van der Waals surface area contributed by atoms with Crippen LogP contribution in [0.3, 0.4) is 0 Å². The Balaban J connectivity index is 3.56. The second-order valence-electron chi connectivity index (χ2n) is 6.12. The van der Waals surface area contributed by atoms with Crippen molar-refractivity contribution in [1.82, 2.24) is 0 Å². The molecule has 3 N–H and O–H groups in total. The maximum absolute atomic E-state index is 9.85. The molecule has 0 bridgehead atoms. The lowest BCUT2D eigenvalue weighted by molar-refractivity contribution is 0.128. The Morgan fingerprint density at radius 2 is 1.61 bits per heavy atom. The molecule has 0 aliphatic rings. The summed E-state index contributed by atoms with van der Waals surface area (Å²) < 4.78 is 0. The molecular weight excluding hydrogens is 222 g/mol. The van der Waals surface area contributed by atoms with Crippen molar-refractivity contribution < 1.29 is 5.11 Å². The second kappa shape index (κ2) is 12.0. The number of aliphatic hydroxyl groups excluding tert-OH is 1. The van der Waals surface area contributed by atoms with E-state index in [1.165, 1.54) is 38.5 Å². The fraction of sp³-hybridized carbons (Fsp3) is 1.00. The minimum atomic E-state index is -0.143. The van der Waals surface area contributed by atoms with Crippen molar-refractivity contribution in [3.05, 3.63) is 0 Å². The monoisotopic (exact) mass is 257 g/mol. The molecule has 0 saturated heterocycles. The van der Waals surface area contributed by atoms with Gasteiger partial charge in [0.25, 0.3) is 0 Å². The number of unbranched alkanes of at least 4 members (excludes halogenated alkanes) is 3. The molecule has 3 atom stereocenters. The molecule has 0 heterocycles. The predicted molar refractivity (Wildman–Crippen MR) is 80.6 cm³/mol. The summed E-state index contributed by atoms with van der Waals surface area (Å²) in [6.45, 7) is 7.58. The van der Waals surface area contributed by atoms with E-state index in [0.29, 0.717) is 12.5 Å². The molecule has 0 spiro atoms. The number of rotatable bonds is 12. The molecule has 0 aliphatic heterocycles. The summed E-state index contributed by atoms with van der Waals surface area (Å²) in [7, 11) is 0. The van der Waals surface area contributed by atoms with Gasteiger partial charge < -0.3 is 10.8 Å². The maximum Gasteiger partial charge on any atom is 0.0543 e. The molecule has 0 rings (SSSR count). The number of hydrogen-bond donors (Lipinski definition) is 2. The van der Waals surface area contributed by atoms with Gasteiger partial charge in [-0.25, -0.2) is 0 Å². The van der Waals surface area contributed by atoms with Gasteiger partial charge >= 0.3 is 0 Å². The van der Waals surface area contributed by atoms with E-state index in [4.69, 9.17) is 5.73 Å². The van der Waals surface area contributed by atoms with E-state index in [1.807, 2.05) is 0 Å². The zero-order valence-electron chi connectivity index (χ0n) is 12.8. The third kappa shape index (κ3) is 11.0. The third-order valence-electron chi connectivity index (χ3n) is 3.77. The summed E-state index contributed by atoms with van der Waals surface area (Å²) in [6.07, 6.45) is 10.7. The molecule has 18 heavy (non-hydrogen) atoms. The first-order chi connectivity index (χ1) is 8.60. The van der Waals surface area contributed by atoms with E-state index in [-0.39, 0.29) is 6.10 Å². The van der Waals surface area contributed by atoms with Crippen molar-refractivity contribution in [3.63, 3.8) is 0 Å². The molecule has 0 aromatic heterocycles. The summed E-state index contributed by atoms with van der Waals surface area (Å²) in [5.41, 5.74) is 5.46. The zero-order chi connectivity index (χ0) is 13.8. The molecule has 0 radical (unpaired) electrons. The summed E-state index contributed by atoms with van der Waals surface area (Å²) in [4.78, 5) is 0. The summed E-state index contributed by atoms with van der Waals surface area (Å²) in [5.74, 6) is 1.44. The van der Waals surface area contributed by atoms with Crippen LogP contribution in [0.25, 0.3) is 0 Å². The molecule has 2 heteroatoms. The highest BCUT2D eigenvalue weighted by atomic mass is 16.3. The van der Waals surface area contributed by atoms with Gasteiger partial charge in [0, 0.05) is 0 Å². The molecule has 0 aliphatic carbocycles. The lowest BCUT2D eigenvalue weighted by atomic mass is 9.88. The van der Waals surface area contributed by atoms with Crippen molar-refractivity contribution in [2.45, 2.75) is 84.7 Å². The molecule has 0 unspecified atom stereocenters. The second-order valence-corrected chi connectivity index (χ2v) is 6.12. The molecule has 110 valence electrons. The van der Waals surface area contributed by atoms with Gasteiger partial charge in [0.05, 0.1) is 6.10 Å². The van der Waals surface area contributed by atoms with Gasteiger partial charge in [-0.2, -0.15) is 0 Å². The summed E-state index contributed by atoms with van der Waals surface area (Å²) in [5, 5.41) is 9.85. The van der Waals surface area contributed by atoms with Gasteiger partial charge in [0.2, 0.25) is 0 Å². The van der Waals surface area contributed by atoms with Crippen molar-refractivity contribution in [2.24, 2.45) is 17.6 Å². The van der Waals surface area contributed by atoms with Crippen LogP contribution in [0.2, 0.25) is 0 Å². The average molecular weight is 257 g/mol. The molecule has 2 nitrogen and oxygen atoms in total. The van der Waals surface area contributed by atoms with Crippen LogP contribution in [0.4, 0.5) is 0 Å². The molecular formula is C16H35NO. The van der Waals surface area contributed by atoms with E-state index >= 15 is 0 Å². The Hall–Kier alpha value is -0.0800. The van der Waals surface area contributed by atoms with Crippen molar-refractivity contribution >= 4 is 0 Å². The molecule has 0 amide bonds. The minimum Gasteiger partial charge on any atom is -0.393 e. The van der Waals surface area contributed by atoms with Crippen LogP contribution in [0.15, 0.2) is 0 Å². The van der Waals surface area contributed by atoms with E-state index in [9.17, 15) is 5.11 Å². The summed E-state index contributed by atoms with van der Waals surface area (Å²) >= 11 is 0. The first-order valence-electron chi connectivity index (χ1n) is 7.98. The van der Waals surface area contributed by atoms with E-state index in [1.54, 1.807) is 0 Å². The number of aliphatic hydroxyl groups is 1. The van der Waals surface area contributed by atoms with Crippen LogP contribution >= 0.6 is 0 Å². The summed E-state index contributed by atoms with van der Waals surface area (Å²) in [6, 6.07) is 0. The third-order valence-corrected chi connectivity index (χ3v) is 3.77. The van der Waals surface area contributed by atoms with Crippen molar-refractivity contribution in [3.8, 4) is 0 Å². The fourth-order valence-corrected chi connectivity index (χ4v) is 2.76. The first-order valence-corrected chi connectivity index (χ1v) is 7.98. The lowest BCUT2D eigenvalue weighted by Gasteiger charge is -2.20. The lowest BCUT2D eigenvalue weighted by Crippen LogP contribution is -2.15. The van der Waals surface area contributed by atoms with Gasteiger partial charge in [0.15, 0.2) is 0 Å². The largest absolute Gasteiger partial charge is 0.393 e. The Bertz CT molecular complexity index is 172. The van der Waals surface area contributed by atoms with Crippen molar-refractivity contribution in [1.29, 1.82) is 0 Å². The SMILES string of the molecule is CCCCCC[C@H](C)C[C@H](C)C[C@@H](O)CCCN. The molecule has 0 fully saturated rings. The highest BCUT2D eigenvalue weighted by Gasteiger charge is 2.13. The Labute approximate surface area is 114 Å². The van der Waals surface area contributed by atoms with Gasteiger partial charge in [0.1, 0.15) is 0 Å². The van der Waals surface area contributed by atoms with Gasteiger partial charge in [-0.15, -0.1) is 0 Å². The minimum absolute atomic E-state index is 0.143. The van der Waals surface area contributed by atoms with Crippen LogP contribution in [0.5, 0.6) is 0 Å². The normalized spacial score (nSPS) is 16.5. The van der Waals surface area contributed by atoms with Gasteiger partial charge in [-0.05, 0) is 44.1 Å². The molecule has 0 aromatic rings. The highest BCUT2D eigenvalue weighted by molar-refractivity contribution is 4.65. The van der Waals surface area contributed by atoms with Crippen LogP contribution < -0.4 is 5.73 Å². The molecule has 0 aromatic carbocycles. The Morgan fingerprint density at radius 1 is 0.889 bits per heavy atom. The van der Waals surface area contributed by atoms with Crippen molar-refractivity contribution in [2.75, 3.05) is 6.54 Å². The molecule has 0 saturated carbocycles. The van der Waals surface area contributed by atoms with Crippen LogP contribution in [-0.4, -0.2) is 17.8 Å². The number of hydrogen-bond acceptors (Lipinski definition) is 2. The fourth-order valence-electron chi connectivity index (χ4n) is 2.76. The van der Waals surface area contributed by atoms with E-state index in [0.717, 1.165) is 25.2 Å². The first kappa shape index (κ1) is 17.9. The van der Waals surface area contributed by atoms with E-state index < -0.39 is 0 Å². The average Bonchev–Trinajstić information content (AvgIpc) is 2.31. The maximum atomic E-state index is 9.85. The quantitative estimate of drug-likeness (QED) is 0.517. The van der Waals surface area contributed by atoms with Crippen LogP contribution in [0.1, 0.15) is 78.6 Å². The Kier molecular flexibility index (Phi) is 11.9. The van der Waals surface area contributed by atoms with Crippen LogP contribution in [0, 0.1) is 11.8 Å². The highest BCUT2D eigenvalue weighted by Crippen LogP contribution is 2.22. The van der Waals surface area contributed by atoms with Gasteiger partial charge in [-0.1, -0.05) is 52.9 Å². The smallest absolute Gasteiger partial charge is 0.0543 e.